The Kier molecular flexibility index (Phi) is 10.1. The van der Waals surface area contributed by atoms with Crippen LogP contribution in [0.2, 0.25) is 0 Å². The molecule has 2 atom stereocenters. The predicted octanol–water partition coefficient (Wildman–Crippen LogP) is 3.92. The molecule has 1 aliphatic heterocycles. The molecule has 42 heavy (non-hydrogen) atoms. The monoisotopic (exact) mass is 597 g/mol. The van der Waals surface area contributed by atoms with Gasteiger partial charge in [-0.05, 0) is 37.1 Å². The molecule has 2 amide bonds. The minimum atomic E-state index is -3.97. The summed E-state index contributed by atoms with van der Waals surface area (Å²) >= 11 is 0. The van der Waals surface area contributed by atoms with Gasteiger partial charge in [0.1, 0.15) is 31.6 Å². The number of amides is 2. The molecule has 0 saturated carbocycles. The lowest BCUT2D eigenvalue weighted by molar-refractivity contribution is -0.140. The van der Waals surface area contributed by atoms with Crippen molar-refractivity contribution in [3.8, 4) is 11.5 Å². The molecule has 0 spiro atoms. The SMILES string of the molecule is CC[C@H](C)NC(=O)[C@H](Cc1ccccc1)N(Cc1ccccc1F)C(=O)CN(c1ccc2c(c1)OCCO2)S(C)(=O)=O. The first kappa shape index (κ1) is 30.8. The number of nitrogens with zero attached hydrogens (tertiary/aromatic N) is 2. The van der Waals surface area contributed by atoms with Crippen molar-refractivity contribution < 1.29 is 31.9 Å². The van der Waals surface area contributed by atoms with Crippen LogP contribution in [0, 0.1) is 5.82 Å². The zero-order chi connectivity index (χ0) is 30.3. The number of sulfonamides is 1. The molecule has 0 saturated heterocycles. The van der Waals surface area contributed by atoms with Crippen LogP contribution in [-0.4, -0.2) is 63.2 Å². The van der Waals surface area contributed by atoms with Crippen molar-refractivity contribution in [2.75, 3.05) is 30.3 Å². The van der Waals surface area contributed by atoms with Gasteiger partial charge in [0.15, 0.2) is 11.5 Å². The van der Waals surface area contributed by atoms with Gasteiger partial charge in [0.2, 0.25) is 21.8 Å². The number of halogens is 1. The second-order valence-electron chi connectivity index (χ2n) is 10.2. The van der Waals surface area contributed by atoms with E-state index in [2.05, 4.69) is 5.32 Å². The molecule has 3 aromatic rings. The zero-order valence-corrected chi connectivity index (χ0v) is 24.8. The van der Waals surface area contributed by atoms with Crippen molar-refractivity contribution in [3.05, 3.63) is 89.7 Å². The maximum atomic E-state index is 14.9. The van der Waals surface area contributed by atoms with Crippen molar-refractivity contribution in [2.45, 2.75) is 45.3 Å². The number of anilines is 1. The van der Waals surface area contributed by atoms with E-state index in [1.807, 2.05) is 44.2 Å². The molecule has 4 rings (SSSR count). The van der Waals surface area contributed by atoms with Crippen LogP contribution in [0.1, 0.15) is 31.4 Å². The Bertz CT molecular complexity index is 1500. The van der Waals surface area contributed by atoms with Gasteiger partial charge < -0.3 is 19.7 Å². The molecular formula is C31H36FN3O6S. The summed E-state index contributed by atoms with van der Waals surface area (Å²) < 4.78 is 53.0. The molecule has 0 aromatic heterocycles. The van der Waals surface area contributed by atoms with Crippen LogP contribution < -0.4 is 19.1 Å². The summed E-state index contributed by atoms with van der Waals surface area (Å²) in [5.41, 5.74) is 1.19. The fraction of sp³-hybridized carbons (Fsp3) is 0.355. The molecule has 1 heterocycles. The number of fused-ring (bicyclic) bond motifs is 1. The lowest BCUT2D eigenvalue weighted by Crippen LogP contribution is -2.54. The molecule has 0 bridgehead atoms. The Morgan fingerprint density at radius 3 is 2.31 bits per heavy atom. The van der Waals surface area contributed by atoms with E-state index < -0.39 is 40.2 Å². The number of ether oxygens (including phenoxy) is 2. The van der Waals surface area contributed by atoms with Gasteiger partial charge in [-0.15, -0.1) is 0 Å². The third-order valence-corrected chi connectivity index (χ3v) is 8.20. The lowest BCUT2D eigenvalue weighted by atomic mass is 10.0. The number of hydrogen-bond acceptors (Lipinski definition) is 6. The highest BCUT2D eigenvalue weighted by Crippen LogP contribution is 2.35. The topological polar surface area (TPSA) is 105 Å². The summed E-state index contributed by atoms with van der Waals surface area (Å²) in [6, 6.07) is 18.6. The van der Waals surface area contributed by atoms with E-state index in [0.29, 0.717) is 31.1 Å². The molecule has 9 nitrogen and oxygen atoms in total. The van der Waals surface area contributed by atoms with Crippen LogP contribution in [-0.2, 0) is 32.6 Å². The maximum absolute atomic E-state index is 14.9. The summed E-state index contributed by atoms with van der Waals surface area (Å²) in [5, 5.41) is 2.95. The molecule has 0 fully saturated rings. The van der Waals surface area contributed by atoms with E-state index in [-0.39, 0.29) is 30.3 Å². The predicted molar refractivity (Wildman–Crippen MR) is 158 cm³/mol. The van der Waals surface area contributed by atoms with E-state index in [1.165, 1.54) is 35.2 Å². The van der Waals surface area contributed by atoms with Crippen LogP contribution in [0.5, 0.6) is 11.5 Å². The highest BCUT2D eigenvalue weighted by molar-refractivity contribution is 7.92. The number of rotatable bonds is 12. The first-order valence-corrected chi connectivity index (χ1v) is 15.7. The highest BCUT2D eigenvalue weighted by atomic mass is 32.2. The third kappa shape index (κ3) is 7.79. The van der Waals surface area contributed by atoms with Gasteiger partial charge in [0.05, 0.1) is 11.9 Å². The number of hydrogen-bond donors (Lipinski definition) is 1. The smallest absolute Gasteiger partial charge is 0.244 e. The zero-order valence-electron chi connectivity index (χ0n) is 24.0. The van der Waals surface area contributed by atoms with E-state index in [9.17, 15) is 22.4 Å². The Morgan fingerprint density at radius 2 is 1.64 bits per heavy atom. The Balaban J connectivity index is 1.74. The van der Waals surface area contributed by atoms with Crippen molar-refractivity contribution in [1.82, 2.24) is 10.2 Å². The number of benzene rings is 3. The second kappa shape index (κ2) is 13.7. The second-order valence-corrected chi connectivity index (χ2v) is 12.1. The third-order valence-electron chi connectivity index (χ3n) is 7.06. The molecule has 1 aliphatic rings. The lowest BCUT2D eigenvalue weighted by Gasteiger charge is -2.34. The van der Waals surface area contributed by atoms with Crippen molar-refractivity contribution in [3.63, 3.8) is 0 Å². The van der Waals surface area contributed by atoms with Crippen molar-refractivity contribution in [2.24, 2.45) is 0 Å². The van der Waals surface area contributed by atoms with Gasteiger partial charge in [-0.3, -0.25) is 13.9 Å². The van der Waals surface area contributed by atoms with E-state index in [4.69, 9.17) is 9.47 Å². The molecule has 11 heteroatoms. The average molecular weight is 598 g/mol. The Hall–Kier alpha value is -4.12. The first-order valence-electron chi connectivity index (χ1n) is 13.8. The molecule has 3 aromatic carbocycles. The van der Waals surface area contributed by atoms with Crippen molar-refractivity contribution in [1.29, 1.82) is 0 Å². The molecule has 224 valence electrons. The summed E-state index contributed by atoms with van der Waals surface area (Å²) in [5.74, 6) is -0.793. The van der Waals surface area contributed by atoms with Gasteiger partial charge in [0.25, 0.3) is 0 Å². The normalized spacial score (nSPS) is 14.0. The number of nitrogens with one attached hydrogen (secondary N) is 1. The van der Waals surface area contributed by atoms with Crippen LogP contribution >= 0.6 is 0 Å². The Labute approximate surface area is 246 Å². The molecular weight excluding hydrogens is 561 g/mol. The van der Waals surface area contributed by atoms with Gasteiger partial charge in [0, 0.05) is 30.6 Å². The quantitative estimate of drug-likeness (QED) is 0.340. The fourth-order valence-electron chi connectivity index (χ4n) is 4.61. The molecule has 0 radical (unpaired) electrons. The van der Waals surface area contributed by atoms with E-state index in [0.717, 1.165) is 16.1 Å². The van der Waals surface area contributed by atoms with Crippen LogP contribution in [0.15, 0.2) is 72.8 Å². The van der Waals surface area contributed by atoms with Gasteiger partial charge in [-0.25, -0.2) is 12.8 Å². The summed E-state index contributed by atoms with van der Waals surface area (Å²) in [4.78, 5) is 29.1. The maximum Gasteiger partial charge on any atom is 0.244 e. The largest absolute Gasteiger partial charge is 0.486 e. The van der Waals surface area contributed by atoms with Gasteiger partial charge in [-0.2, -0.15) is 0 Å². The van der Waals surface area contributed by atoms with E-state index in [1.54, 1.807) is 12.1 Å². The average Bonchev–Trinajstić information content (AvgIpc) is 2.98. The summed E-state index contributed by atoms with van der Waals surface area (Å²) in [6.45, 7) is 3.60. The molecule has 1 N–H and O–H groups in total. The minimum Gasteiger partial charge on any atom is -0.486 e. The van der Waals surface area contributed by atoms with Crippen LogP contribution in [0.3, 0.4) is 0 Å². The summed E-state index contributed by atoms with van der Waals surface area (Å²) in [7, 11) is -3.97. The minimum absolute atomic E-state index is 0.145. The molecule has 0 aliphatic carbocycles. The van der Waals surface area contributed by atoms with E-state index >= 15 is 0 Å². The Morgan fingerprint density at radius 1 is 0.976 bits per heavy atom. The van der Waals surface area contributed by atoms with Gasteiger partial charge in [-0.1, -0.05) is 55.5 Å². The van der Waals surface area contributed by atoms with Crippen molar-refractivity contribution >= 4 is 27.5 Å². The van der Waals surface area contributed by atoms with Crippen LogP contribution in [0.25, 0.3) is 0 Å². The standard InChI is InChI=1S/C31H36FN3O6S/c1-4-22(2)33-31(37)27(18-23-10-6-5-7-11-23)34(20-24-12-8-9-13-26(24)32)30(36)21-35(42(3,38)39)25-14-15-28-29(19-25)41-17-16-40-28/h5-15,19,22,27H,4,16-18,20-21H2,1-3H3,(H,33,37)/t22-,27-/m0/s1. The van der Waals surface area contributed by atoms with Crippen LogP contribution in [0.4, 0.5) is 10.1 Å². The highest BCUT2D eigenvalue weighted by Gasteiger charge is 2.34. The molecule has 0 unspecified atom stereocenters. The number of carbonyl (C=O) groups is 2. The number of carbonyl (C=O) groups excluding carboxylic acids is 2. The fourth-order valence-corrected chi connectivity index (χ4v) is 5.45. The van der Waals surface area contributed by atoms with Gasteiger partial charge >= 0.3 is 0 Å². The summed E-state index contributed by atoms with van der Waals surface area (Å²) in [6.07, 6.45) is 1.80. The first-order chi connectivity index (χ1) is 20.1.